The van der Waals surface area contributed by atoms with Crippen molar-refractivity contribution in [1.82, 2.24) is 5.32 Å². The number of rotatable bonds is 8. The second-order valence-corrected chi connectivity index (χ2v) is 3.30. The van der Waals surface area contributed by atoms with Crippen LogP contribution in [0.4, 0.5) is 0 Å². The minimum Gasteiger partial charge on any atom is -0.356 e. The monoisotopic (exact) mass is 217 g/mol. The third kappa shape index (κ3) is 16.1. The maximum atomic E-state index is 11.1. The minimum atomic E-state index is 0.171. The smallest absolute Gasteiger partial charge is 0.219 e. The highest BCUT2D eigenvalue weighted by molar-refractivity contribution is 5.75. The Balaban J connectivity index is 0. The Bertz CT molecular complexity index is 129. The van der Waals surface area contributed by atoms with Crippen LogP contribution < -0.4 is 16.8 Å². The third-order valence-electron chi connectivity index (χ3n) is 1.96. The van der Waals surface area contributed by atoms with Gasteiger partial charge in [0.25, 0.3) is 0 Å². The third-order valence-corrected chi connectivity index (χ3v) is 1.96. The fourth-order valence-corrected chi connectivity index (χ4v) is 1.12. The molecule has 0 heterocycles. The molecule has 4 nitrogen and oxygen atoms in total. The zero-order valence-electron chi connectivity index (χ0n) is 10.2. The topological polar surface area (TPSA) is 81.1 Å². The van der Waals surface area contributed by atoms with E-state index < -0.39 is 0 Å². The molecule has 0 aromatic rings. The molecule has 0 aliphatic rings. The standard InChI is InChI=1S/C10H22N2O.CH5N/c1-2-3-6-9-12-10(13)7-4-5-8-11;1-2/h2-9,11H2,1H3,(H,12,13);2H2,1H3. The molecule has 0 saturated carbocycles. The molecular weight excluding hydrogens is 190 g/mol. The lowest BCUT2D eigenvalue weighted by atomic mass is 10.2. The van der Waals surface area contributed by atoms with Crippen molar-refractivity contribution in [3.05, 3.63) is 0 Å². The summed E-state index contributed by atoms with van der Waals surface area (Å²) in [5.74, 6) is 0.171. The highest BCUT2D eigenvalue weighted by atomic mass is 16.1. The van der Waals surface area contributed by atoms with Gasteiger partial charge in [0.2, 0.25) is 5.91 Å². The lowest BCUT2D eigenvalue weighted by Gasteiger charge is -2.03. The molecular formula is C11H27N3O. The summed E-state index contributed by atoms with van der Waals surface area (Å²) in [5, 5.41) is 2.90. The second kappa shape index (κ2) is 15.8. The maximum Gasteiger partial charge on any atom is 0.219 e. The highest BCUT2D eigenvalue weighted by Crippen LogP contribution is 1.94. The fraction of sp³-hybridized carbons (Fsp3) is 0.909. The number of nitrogens with two attached hydrogens (primary N) is 2. The maximum absolute atomic E-state index is 11.1. The second-order valence-electron chi connectivity index (χ2n) is 3.30. The van der Waals surface area contributed by atoms with Gasteiger partial charge in [-0.1, -0.05) is 19.8 Å². The van der Waals surface area contributed by atoms with Crippen molar-refractivity contribution in [2.45, 2.75) is 45.4 Å². The molecule has 1 amide bonds. The van der Waals surface area contributed by atoms with E-state index in [1.54, 1.807) is 0 Å². The average molecular weight is 217 g/mol. The molecule has 0 aromatic carbocycles. The van der Waals surface area contributed by atoms with Gasteiger partial charge in [0, 0.05) is 13.0 Å². The number of unbranched alkanes of at least 4 members (excludes halogenated alkanes) is 3. The molecule has 4 heteroatoms. The Morgan fingerprint density at radius 2 is 1.80 bits per heavy atom. The molecule has 5 N–H and O–H groups in total. The van der Waals surface area contributed by atoms with Crippen LogP contribution in [0, 0.1) is 0 Å². The van der Waals surface area contributed by atoms with Gasteiger partial charge in [-0.25, -0.2) is 0 Å². The van der Waals surface area contributed by atoms with Crippen LogP contribution in [0.5, 0.6) is 0 Å². The van der Waals surface area contributed by atoms with Crippen LogP contribution in [0.2, 0.25) is 0 Å². The molecule has 0 radical (unpaired) electrons. The van der Waals surface area contributed by atoms with Crippen molar-refractivity contribution in [2.24, 2.45) is 11.5 Å². The molecule has 15 heavy (non-hydrogen) atoms. The van der Waals surface area contributed by atoms with Crippen molar-refractivity contribution < 1.29 is 4.79 Å². The first-order valence-electron chi connectivity index (χ1n) is 5.85. The molecule has 0 rings (SSSR count). The van der Waals surface area contributed by atoms with Crippen LogP contribution in [0.3, 0.4) is 0 Å². The van der Waals surface area contributed by atoms with E-state index in [0.717, 1.165) is 25.8 Å². The summed E-state index contributed by atoms with van der Waals surface area (Å²) in [6.07, 6.45) is 5.98. The summed E-state index contributed by atoms with van der Waals surface area (Å²) in [6.45, 7) is 3.67. The molecule has 0 aliphatic heterocycles. The zero-order valence-corrected chi connectivity index (χ0v) is 10.2. The van der Waals surface area contributed by atoms with Gasteiger partial charge in [-0.2, -0.15) is 0 Å². The first-order valence-corrected chi connectivity index (χ1v) is 5.85. The average Bonchev–Trinajstić information content (AvgIpc) is 2.28. The Labute approximate surface area is 93.8 Å². The summed E-state index contributed by atoms with van der Waals surface area (Å²) >= 11 is 0. The Kier molecular flexibility index (Phi) is 17.8. The lowest BCUT2D eigenvalue weighted by molar-refractivity contribution is -0.121. The summed E-state index contributed by atoms with van der Waals surface area (Å²) < 4.78 is 0. The molecule has 0 saturated heterocycles. The molecule has 0 bridgehead atoms. The Morgan fingerprint density at radius 1 is 1.13 bits per heavy atom. The van der Waals surface area contributed by atoms with Gasteiger partial charge in [-0.15, -0.1) is 0 Å². The molecule has 0 unspecified atom stereocenters. The van der Waals surface area contributed by atoms with Crippen LogP contribution >= 0.6 is 0 Å². The normalized spacial score (nSPS) is 9.07. The lowest BCUT2D eigenvalue weighted by Crippen LogP contribution is -2.24. The molecule has 0 fully saturated rings. The number of hydrogen-bond donors (Lipinski definition) is 3. The predicted molar refractivity (Wildman–Crippen MR) is 65.6 cm³/mol. The van der Waals surface area contributed by atoms with Crippen LogP contribution in [0.25, 0.3) is 0 Å². The Hall–Kier alpha value is -0.610. The predicted octanol–water partition coefficient (Wildman–Crippen LogP) is 0.997. The summed E-state index contributed by atoms with van der Waals surface area (Å²) in [6, 6.07) is 0. The van der Waals surface area contributed by atoms with E-state index in [2.05, 4.69) is 18.0 Å². The van der Waals surface area contributed by atoms with Crippen molar-refractivity contribution >= 4 is 5.91 Å². The van der Waals surface area contributed by atoms with E-state index in [1.807, 2.05) is 0 Å². The molecule has 0 atom stereocenters. The number of carbonyl (C=O) groups excluding carboxylic acids is 1. The zero-order chi connectivity index (χ0) is 11.9. The van der Waals surface area contributed by atoms with Crippen LogP contribution in [0.15, 0.2) is 0 Å². The summed E-state index contributed by atoms with van der Waals surface area (Å²) in [7, 11) is 1.50. The van der Waals surface area contributed by atoms with Crippen molar-refractivity contribution in [1.29, 1.82) is 0 Å². The van der Waals surface area contributed by atoms with Crippen LogP contribution in [0.1, 0.15) is 45.4 Å². The van der Waals surface area contributed by atoms with Gasteiger partial charge in [0.15, 0.2) is 0 Å². The molecule has 0 aliphatic carbocycles. The van der Waals surface area contributed by atoms with E-state index in [4.69, 9.17) is 5.73 Å². The van der Waals surface area contributed by atoms with E-state index in [-0.39, 0.29) is 5.91 Å². The highest BCUT2D eigenvalue weighted by Gasteiger charge is 1.98. The quantitative estimate of drug-likeness (QED) is 0.530. The molecule has 0 spiro atoms. The van der Waals surface area contributed by atoms with Gasteiger partial charge >= 0.3 is 0 Å². The van der Waals surface area contributed by atoms with Gasteiger partial charge in [0.05, 0.1) is 0 Å². The fourth-order valence-electron chi connectivity index (χ4n) is 1.12. The van der Waals surface area contributed by atoms with E-state index in [0.29, 0.717) is 13.0 Å². The van der Waals surface area contributed by atoms with Gasteiger partial charge in [0.1, 0.15) is 0 Å². The van der Waals surface area contributed by atoms with Gasteiger partial charge < -0.3 is 16.8 Å². The number of nitrogens with one attached hydrogen (secondary N) is 1. The summed E-state index contributed by atoms with van der Waals surface area (Å²) in [4.78, 5) is 11.1. The van der Waals surface area contributed by atoms with E-state index >= 15 is 0 Å². The first kappa shape index (κ1) is 16.8. The summed E-state index contributed by atoms with van der Waals surface area (Å²) in [5.41, 5.74) is 9.82. The van der Waals surface area contributed by atoms with E-state index in [1.165, 1.54) is 19.9 Å². The van der Waals surface area contributed by atoms with Crippen molar-refractivity contribution in [3.63, 3.8) is 0 Å². The first-order chi connectivity index (χ1) is 7.31. The van der Waals surface area contributed by atoms with Crippen molar-refractivity contribution in [2.75, 3.05) is 20.1 Å². The van der Waals surface area contributed by atoms with Gasteiger partial charge in [-0.3, -0.25) is 4.79 Å². The van der Waals surface area contributed by atoms with E-state index in [9.17, 15) is 4.79 Å². The van der Waals surface area contributed by atoms with Crippen LogP contribution in [-0.2, 0) is 4.79 Å². The van der Waals surface area contributed by atoms with Crippen LogP contribution in [-0.4, -0.2) is 26.0 Å². The van der Waals surface area contributed by atoms with Gasteiger partial charge in [-0.05, 0) is 32.9 Å². The molecule has 92 valence electrons. The number of carbonyl (C=O) groups is 1. The SMILES string of the molecule is CCCCCNC(=O)CCCCN.CN. The Morgan fingerprint density at radius 3 is 2.33 bits per heavy atom. The van der Waals surface area contributed by atoms with Crippen molar-refractivity contribution in [3.8, 4) is 0 Å². The largest absolute Gasteiger partial charge is 0.356 e. The minimum absolute atomic E-state index is 0.171. The number of hydrogen-bond acceptors (Lipinski definition) is 3. The molecule has 0 aromatic heterocycles. The number of amides is 1.